The molecular formula is C20H32N4O4S. The van der Waals surface area contributed by atoms with Crippen LogP contribution >= 0.6 is 11.8 Å². The number of nitrogens with zero attached hydrogens (tertiary/aromatic N) is 3. The van der Waals surface area contributed by atoms with E-state index in [1.807, 2.05) is 24.6 Å². The minimum Gasteiger partial charge on any atom is -0.492 e. The fourth-order valence-corrected chi connectivity index (χ4v) is 4.15. The van der Waals surface area contributed by atoms with Crippen molar-refractivity contribution in [2.75, 3.05) is 25.2 Å². The molecule has 8 nitrogen and oxygen atoms in total. The van der Waals surface area contributed by atoms with Gasteiger partial charge in [0.15, 0.2) is 5.79 Å². The van der Waals surface area contributed by atoms with Crippen LogP contribution in [0, 0.1) is 0 Å². The van der Waals surface area contributed by atoms with Crippen molar-refractivity contribution < 1.29 is 19.3 Å². The van der Waals surface area contributed by atoms with E-state index < -0.39 is 5.79 Å². The van der Waals surface area contributed by atoms with Gasteiger partial charge in [0.1, 0.15) is 30.2 Å². The monoisotopic (exact) mass is 424 g/mol. The number of unbranched alkanes of at least 4 members (excludes halogenated alkanes) is 1. The van der Waals surface area contributed by atoms with E-state index in [0.717, 1.165) is 29.7 Å². The molecule has 9 heteroatoms. The lowest BCUT2D eigenvalue weighted by atomic mass is 10.2. The summed E-state index contributed by atoms with van der Waals surface area (Å²) in [6.45, 7) is 8.22. The van der Waals surface area contributed by atoms with Crippen molar-refractivity contribution in [3.63, 3.8) is 0 Å². The number of hydrogen-bond acceptors (Lipinski definition) is 8. The van der Waals surface area contributed by atoms with Gasteiger partial charge in [-0.15, -0.1) is 0 Å². The number of aromatic hydroxyl groups is 1. The quantitative estimate of drug-likeness (QED) is 0.532. The molecule has 3 heterocycles. The van der Waals surface area contributed by atoms with Crippen LogP contribution in [-0.2, 0) is 27.5 Å². The maximum atomic E-state index is 10.3. The fourth-order valence-electron chi connectivity index (χ4n) is 3.46. The summed E-state index contributed by atoms with van der Waals surface area (Å²) in [5.41, 5.74) is 2.32. The van der Waals surface area contributed by atoms with E-state index in [4.69, 9.17) is 14.2 Å². The molecule has 2 N–H and O–H groups in total. The second-order valence-corrected chi connectivity index (χ2v) is 8.63. The van der Waals surface area contributed by atoms with Crippen LogP contribution in [0.1, 0.15) is 39.2 Å². The van der Waals surface area contributed by atoms with Crippen LogP contribution in [0.5, 0.6) is 5.88 Å². The Morgan fingerprint density at radius 3 is 2.97 bits per heavy atom. The van der Waals surface area contributed by atoms with Gasteiger partial charge in [-0.05, 0) is 26.5 Å². The van der Waals surface area contributed by atoms with E-state index in [1.54, 1.807) is 11.8 Å². The highest BCUT2D eigenvalue weighted by molar-refractivity contribution is 7.98. The van der Waals surface area contributed by atoms with E-state index in [0.29, 0.717) is 32.0 Å². The third-order valence-electron chi connectivity index (χ3n) is 4.96. The van der Waals surface area contributed by atoms with Crippen molar-refractivity contribution >= 4 is 22.8 Å². The average molecular weight is 425 g/mol. The lowest BCUT2D eigenvalue weighted by molar-refractivity contribution is -0.141. The smallest absolute Gasteiger partial charge is 0.239 e. The number of ether oxygens (including phenoxy) is 3. The third-order valence-corrected chi connectivity index (χ3v) is 5.65. The van der Waals surface area contributed by atoms with E-state index in [-0.39, 0.29) is 18.0 Å². The van der Waals surface area contributed by atoms with Crippen molar-refractivity contribution in [1.82, 2.24) is 19.9 Å². The van der Waals surface area contributed by atoms with Gasteiger partial charge >= 0.3 is 0 Å². The summed E-state index contributed by atoms with van der Waals surface area (Å²) < 4.78 is 19.4. The zero-order valence-corrected chi connectivity index (χ0v) is 18.5. The van der Waals surface area contributed by atoms with E-state index in [9.17, 15) is 5.11 Å². The van der Waals surface area contributed by atoms with Gasteiger partial charge in [0, 0.05) is 36.7 Å². The molecule has 162 valence electrons. The molecule has 1 fully saturated rings. The minimum absolute atomic E-state index is 0.00814. The lowest BCUT2D eigenvalue weighted by Crippen LogP contribution is -2.43. The Bertz CT molecular complexity index is 798. The van der Waals surface area contributed by atoms with Gasteiger partial charge in [-0.25, -0.2) is 9.97 Å². The number of hydrogen-bond donors (Lipinski definition) is 2. The molecule has 0 saturated carbocycles. The first-order chi connectivity index (χ1) is 13.9. The molecule has 1 aliphatic heterocycles. The maximum Gasteiger partial charge on any atom is 0.239 e. The Hall–Kier alpha value is -1.39. The number of nitrogens with one attached hydrogen (secondary N) is 1. The molecule has 29 heavy (non-hydrogen) atoms. The first-order valence-electron chi connectivity index (χ1n) is 10.1. The Labute approximate surface area is 176 Å². The van der Waals surface area contributed by atoms with Gasteiger partial charge in [0.2, 0.25) is 5.88 Å². The summed E-state index contributed by atoms with van der Waals surface area (Å²) in [5.74, 6) is 0.326. The molecule has 3 rings (SSSR count). The van der Waals surface area contributed by atoms with Crippen molar-refractivity contribution in [1.29, 1.82) is 0 Å². The Morgan fingerprint density at radius 2 is 2.28 bits per heavy atom. The van der Waals surface area contributed by atoms with E-state index in [2.05, 4.69) is 28.5 Å². The highest BCUT2D eigenvalue weighted by Gasteiger charge is 2.37. The molecule has 1 aliphatic rings. The van der Waals surface area contributed by atoms with Crippen LogP contribution in [0.15, 0.2) is 12.5 Å². The molecular weight excluding hydrogens is 392 g/mol. The van der Waals surface area contributed by atoms with Crippen LogP contribution in [0.25, 0.3) is 11.0 Å². The molecule has 0 amide bonds. The van der Waals surface area contributed by atoms with Gasteiger partial charge in [-0.1, -0.05) is 13.3 Å². The van der Waals surface area contributed by atoms with Crippen molar-refractivity contribution in [3.05, 3.63) is 18.1 Å². The number of aromatic nitrogens is 3. The van der Waals surface area contributed by atoms with Gasteiger partial charge in [-0.2, -0.15) is 11.8 Å². The molecule has 0 unspecified atom stereocenters. The van der Waals surface area contributed by atoms with Gasteiger partial charge in [-0.3, -0.25) is 0 Å². The molecule has 0 radical (unpaired) electrons. The van der Waals surface area contributed by atoms with Crippen molar-refractivity contribution in [2.24, 2.45) is 0 Å². The molecule has 2 aromatic heterocycles. The Kier molecular flexibility index (Phi) is 7.75. The fraction of sp³-hybridized carbons (Fsp3) is 0.700. The summed E-state index contributed by atoms with van der Waals surface area (Å²) >= 11 is 1.77. The number of fused-ring (bicyclic) bond motifs is 1. The Morgan fingerprint density at radius 1 is 1.45 bits per heavy atom. The minimum atomic E-state index is -0.548. The van der Waals surface area contributed by atoms with Crippen LogP contribution in [0.2, 0.25) is 0 Å². The Balaban J connectivity index is 1.74. The highest BCUT2D eigenvalue weighted by Crippen LogP contribution is 2.27. The summed E-state index contributed by atoms with van der Waals surface area (Å²) in [4.78, 5) is 8.34. The zero-order chi connectivity index (χ0) is 20.9. The third kappa shape index (κ3) is 5.61. The van der Waals surface area contributed by atoms with Gasteiger partial charge in [0.25, 0.3) is 0 Å². The summed E-state index contributed by atoms with van der Waals surface area (Å²) in [7, 11) is 0. The van der Waals surface area contributed by atoms with Crippen LogP contribution < -0.4 is 5.32 Å². The first kappa shape index (κ1) is 22.3. The predicted octanol–water partition coefficient (Wildman–Crippen LogP) is 2.88. The molecule has 0 aromatic carbocycles. The first-order valence-corrected chi connectivity index (χ1v) is 11.5. The maximum absolute atomic E-state index is 10.3. The molecule has 1 saturated heterocycles. The topological polar surface area (TPSA) is 90.7 Å². The number of thioether (sulfide) groups is 1. The molecule has 2 atom stereocenters. The van der Waals surface area contributed by atoms with Crippen LogP contribution in [0.3, 0.4) is 0 Å². The van der Waals surface area contributed by atoms with E-state index in [1.165, 1.54) is 6.33 Å². The standard InChI is InChI=1S/C20H32N4O4S/c1-5-6-7-26-13-24-9-14(17-18(24)19(25)23-12-22-17)8-21-15(11-29-4)16-10-27-20(2,3)28-16/h9,12,15-16,21H,5-8,10-11,13H2,1-4H3,(H,22,23,25)/t15-,16+/m1/s1. The largest absolute Gasteiger partial charge is 0.492 e. The van der Waals surface area contributed by atoms with Crippen LogP contribution in [0.4, 0.5) is 0 Å². The van der Waals surface area contributed by atoms with Crippen molar-refractivity contribution in [2.45, 2.75) is 64.8 Å². The normalized spacial score (nSPS) is 19.8. The SMILES string of the molecule is CCCCOCn1cc(CN[C@H](CSC)[C@@H]2COC(C)(C)O2)c2ncnc(O)c21. The van der Waals surface area contributed by atoms with E-state index >= 15 is 0 Å². The lowest BCUT2D eigenvalue weighted by Gasteiger charge is -2.24. The molecule has 2 aromatic rings. The highest BCUT2D eigenvalue weighted by atomic mass is 32.2. The van der Waals surface area contributed by atoms with Gasteiger partial charge < -0.3 is 29.2 Å². The second-order valence-electron chi connectivity index (χ2n) is 7.72. The molecule has 0 aliphatic carbocycles. The predicted molar refractivity (Wildman–Crippen MR) is 114 cm³/mol. The van der Waals surface area contributed by atoms with Crippen molar-refractivity contribution in [3.8, 4) is 5.88 Å². The van der Waals surface area contributed by atoms with Crippen LogP contribution in [-0.4, -0.2) is 62.8 Å². The van der Waals surface area contributed by atoms with Gasteiger partial charge in [0.05, 0.1) is 6.61 Å². The average Bonchev–Trinajstić information content (AvgIpc) is 3.23. The zero-order valence-electron chi connectivity index (χ0n) is 17.7. The summed E-state index contributed by atoms with van der Waals surface area (Å²) in [6, 6.07) is 0.140. The summed E-state index contributed by atoms with van der Waals surface area (Å²) in [6.07, 6.45) is 7.53. The number of rotatable bonds is 11. The molecule has 0 bridgehead atoms. The second kappa shape index (κ2) is 10.1. The summed E-state index contributed by atoms with van der Waals surface area (Å²) in [5, 5.41) is 13.9. The molecule has 0 spiro atoms.